The minimum Gasteiger partial charge on any atom is -0.495 e. The Morgan fingerprint density at radius 1 is 1.14 bits per heavy atom. The Hall–Kier alpha value is -3.41. The molecule has 2 aromatic carbocycles. The molecule has 6 heteroatoms. The third-order valence-corrected chi connectivity index (χ3v) is 4.47. The number of carbonyl (C=O) groups is 1. The Labute approximate surface area is 165 Å². The van der Waals surface area contributed by atoms with Gasteiger partial charge in [-0.05, 0) is 55.2 Å². The molecular weight excluding hydrogens is 352 g/mol. The topological polar surface area (TPSA) is 76.1 Å². The molecule has 1 amide bonds. The molecule has 0 aliphatic carbocycles. The summed E-state index contributed by atoms with van der Waals surface area (Å²) in [4.78, 5) is 21.3. The second-order valence-corrected chi connectivity index (χ2v) is 6.51. The van der Waals surface area contributed by atoms with E-state index in [2.05, 4.69) is 27.5 Å². The SMILES string of the molecule is CCc1cccc(C)c1NC(=O)c1ccnc(Nc2cc(C)ccc2OC)n1. The number of para-hydroxylation sites is 1. The molecule has 0 saturated heterocycles. The van der Waals surface area contributed by atoms with E-state index in [-0.39, 0.29) is 11.6 Å². The summed E-state index contributed by atoms with van der Waals surface area (Å²) in [5.41, 5.74) is 5.05. The second-order valence-electron chi connectivity index (χ2n) is 6.51. The van der Waals surface area contributed by atoms with Crippen molar-refractivity contribution in [3.8, 4) is 5.75 Å². The van der Waals surface area contributed by atoms with Gasteiger partial charge in [0, 0.05) is 11.9 Å². The summed E-state index contributed by atoms with van der Waals surface area (Å²) < 4.78 is 5.37. The molecule has 3 aromatic rings. The number of aryl methyl sites for hydroxylation is 3. The number of nitrogens with one attached hydrogen (secondary N) is 2. The average molecular weight is 376 g/mol. The van der Waals surface area contributed by atoms with Crippen LogP contribution in [0.2, 0.25) is 0 Å². The van der Waals surface area contributed by atoms with Crippen LogP contribution >= 0.6 is 0 Å². The fourth-order valence-electron chi connectivity index (χ4n) is 2.96. The highest BCUT2D eigenvalue weighted by Crippen LogP contribution is 2.27. The first-order chi connectivity index (χ1) is 13.5. The van der Waals surface area contributed by atoms with Crippen LogP contribution in [0, 0.1) is 13.8 Å². The lowest BCUT2D eigenvalue weighted by Gasteiger charge is -2.13. The van der Waals surface area contributed by atoms with Crippen molar-refractivity contribution in [2.24, 2.45) is 0 Å². The Morgan fingerprint density at radius 2 is 1.96 bits per heavy atom. The number of aromatic nitrogens is 2. The van der Waals surface area contributed by atoms with Crippen LogP contribution in [0.4, 0.5) is 17.3 Å². The molecule has 0 aliphatic heterocycles. The van der Waals surface area contributed by atoms with E-state index in [0.717, 1.165) is 34.5 Å². The van der Waals surface area contributed by atoms with Gasteiger partial charge in [0.2, 0.25) is 5.95 Å². The zero-order chi connectivity index (χ0) is 20.1. The zero-order valence-electron chi connectivity index (χ0n) is 16.5. The van der Waals surface area contributed by atoms with E-state index in [0.29, 0.717) is 11.7 Å². The van der Waals surface area contributed by atoms with Gasteiger partial charge in [-0.1, -0.05) is 31.2 Å². The third kappa shape index (κ3) is 4.28. The lowest BCUT2D eigenvalue weighted by molar-refractivity contribution is 0.102. The van der Waals surface area contributed by atoms with Gasteiger partial charge < -0.3 is 15.4 Å². The van der Waals surface area contributed by atoms with Crippen LogP contribution in [-0.2, 0) is 6.42 Å². The van der Waals surface area contributed by atoms with E-state index in [1.807, 2.05) is 50.2 Å². The summed E-state index contributed by atoms with van der Waals surface area (Å²) in [5, 5.41) is 6.12. The Morgan fingerprint density at radius 3 is 2.71 bits per heavy atom. The second kappa shape index (κ2) is 8.52. The van der Waals surface area contributed by atoms with Crippen molar-refractivity contribution in [3.63, 3.8) is 0 Å². The van der Waals surface area contributed by atoms with Crippen LogP contribution in [0.5, 0.6) is 5.75 Å². The fraction of sp³-hybridized carbons (Fsp3) is 0.227. The number of hydrogen-bond donors (Lipinski definition) is 2. The van der Waals surface area contributed by atoms with Gasteiger partial charge in [-0.3, -0.25) is 4.79 Å². The van der Waals surface area contributed by atoms with Crippen molar-refractivity contribution in [1.29, 1.82) is 0 Å². The summed E-state index contributed by atoms with van der Waals surface area (Å²) in [6.45, 7) is 6.03. The smallest absolute Gasteiger partial charge is 0.274 e. The van der Waals surface area contributed by atoms with Crippen molar-refractivity contribution in [1.82, 2.24) is 9.97 Å². The van der Waals surface area contributed by atoms with E-state index in [1.165, 1.54) is 0 Å². The maximum atomic E-state index is 12.8. The number of hydrogen-bond acceptors (Lipinski definition) is 5. The minimum absolute atomic E-state index is 0.273. The molecule has 0 atom stereocenters. The molecule has 0 aliphatic rings. The van der Waals surface area contributed by atoms with E-state index in [4.69, 9.17) is 4.74 Å². The summed E-state index contributed by atoms with van der Waals surface area (Å²) in [6.07, 6.45) is 2.39. The molecule has 6 nitrogen and oxygen atoms in total. The zero-order valence-corrected chi connectivity index (χ0v) is 16.5. The summed E-state index contributed by atoms with van der Waals surface area (Å²) in [5.74, 6) is 0.735. The first kappa shape index (κ1) is 19.4. The van der Waals surface area contributed by atoms with Crippen LogP contribution in [0.25, 0.3) is 0 Å². The van der Waals surface area contributed by atoms with Gasteiger partial charge in [0.05, 0.1) is 12.8 Å². The molecule has 0 spiro atoms. The van der Waals surface area contributed by atoms with Gasteiger partial charge in [-0.25, -0.2) is 9.97 Å². The number of ether oxygens (including phenoxy) is 1. The van der Waals surface area contributed by atoms with Crippen molar-refractivity contribution < 1.29 is 9.53 Å². The highest BCUT2D eigenvalue weighted by atomic mass is 16.5. The highest BCUT2D eigenvalue weighted by molar-refractivity contribution is 6.03. The largest absolute Gasteiger partial charge is 0.495 e. The Bertz CT molecular complexity index is 1000. The third-order valence-electron chi connectivity index (χ3n) is 4.47. The van der Waals surface area contributed by atoms with Gasteiger partial charge >= 0.3 is 0 Å². The molecule has 0 radical (unpaired) electrons. The quantitative estimate of drug-likeness (QED) is 0.654. The van der Waals surface area contributed by atoms with Crippen LogP contribution in [0.1, 0.15) is 34.1 Å². The number of anilines is 3. The monoisotopic (exact) mass is 376 g/mol. The highest BCUT2D eigenvalue weighted by Gasteiger charge is 2.13. The standard InChI is InChI=1S/C22H24N4O2/c1-5-16-8-6-7-15(3)20(16)26-21(27)17-11-12-23-22(24-17)25-18-13-14(2)9-10-19(18)28-4/h6-13H,5H2,1-4H3,(H,26,27)(H,23,24,25). The van der Waals surface area contributed by atoms with Gasteiger partial charge in [-0.2, -0.15) is 0 Å². The maximum Gasteiger partial charge on any atom is 0.274 e. The molecule has 0 fully saturated rings. The van der Waals surface area contributed by atoms with Crippen molar-refractivity contribution in [3.05, 3.63) is 71.0 Å². The molecule has 144 valence electrons. The lowest BCUT2D eigenvalue weighted by atomic mass is 10.1. The number of methoxy groups -OCH3 is 1. The average Bonchev–Trinajstić information content (AvgIpc) is 2.70. The Balaban J connectivity index is 1.84. The number of carbonyl (C=O) groups excluding carboxylic acids is 1. The van der Waals surface area contributed by atoms with Crippen LogP contribution in [0.15, 0.2) is 48.7 Å². The number of nitrogens with zero attached hydrogens (tertiary/aromatic N) is 2. The molecule has 0 bridgehead atoms. The first-order valence-electron chi connectivity index (χ1n) is 9.16. The molecule has 1 heterocycles. The van der Waals surface area contributed by atoms with Crippen LogP contribution < -0.4 is 15.4 Å². The van der Waals surface area contributed by atoms with Crippen molar-refractivity contribution in [2.45, 2.75) is 27.2 Å². The summed E-state index contributed by atoms with van der Waals surface area (Å²) in [6, 6.07) is 13.4. The van der Waals surface area contributed by atoms with E-state index >= 15 is 0 Å². The summed E-state index contributed by atoms with van der Waals surface area (Å²) in [7, 11) is 1.61. The fourth-order valence-corrected chi connectivity index (χ4v) is 2.96. The number of rotatable bonds is 6. The van der Waals surface area contributed by atoms with Crippen LogP contribution in [0.3, 0.4) is 0 Å². The minimum atomic E-state index is -0.273. The first-order valence-corrected chi connectivity index (χ1v) is 9.16. The number of benzene rings is 2. The molecule has 1 aromatic heterocycles. The van der Waals surface area contributed by atoms with E-state index in [9.17, 15) is 4.79 Å². The van der Waals surface area contributed by atoms with Crippen molar-refractivity contribution in [2.75, 3.05) is 17.7 Å². The lowest BCUT2D eigenvalue weighted by Crippen LogP contribution is -2.16. The van der Waals surface area contributed by atoms with Gasteiger partial charge in [0.1, 0.15) is 11.4 Å². The molecule has 3 rings (SSSR count). The van der Waals surface area contributed by atoms with Gasteiger partial charge in [-0.15, -0.1) is 0 Å². The predicted molar refractivity (Wildman–Crippen MR) is 112 cm³/mol. The van der Waals surface area contributed by atoms with Crippen molar-refractivity contribution >= 4 is 23.2 Å². The van der Waals surface area contributed by atoms with Gasteiger partial charge in [0.25, 0.3) is 5.91 Å². The predicted octanol–water partition coefficient (Wildman–Crippen LogP) is 4.66. The van der Waals surface area contributed by atoms with Crippen LogP contribution in [-0.4, -0.2) is 23.0 Å². The number of amides is 1. The maximum absolute atomic E-state index is 12.8. The normalized spacial score (nSPS) is 10.4. The van der Waals surface area contributed by atoms with E-state index in [1.54, 1.807) is 19.4 Å². The molecule has 0 saturated carbocycles. The van der Waals surface area contributed by atoms with E-state index < -0.39 is 0 Å². The van der Waals surface area contributed by atoms with Gasteiger partial charge in [0.15, 0.2) is 0 Å². The summed E-state index contributed by atoms with van der Waals surface area (Å²) >= 11 is 0. The molecule has 0 unspecified atom stereocenters. The molecular formula is C22H24N4O2. The molecule has 2 N–H and O–H groups in total. The Kier molecular flexibility index (Phi) is 5.89. The molecule has 28 heavy (non-hydrogen) atoms.